The SMILES string of the molecule is Cc1c(O)cccc1Oc1ccc(C(C)(C)C)cn1. The van der Waals surface area contributed by atoms with Gasteiger partial charge in [-0.1, -0.05) is 32.9 Å². The molecule has 1 aromatic carbocycles. The van der Waals surface area contributed by atoms with Crippen molar-refractivity contribution in [2.24, 2.45) is 0 Å². The van der Waals surface area contributed by atoms with Crippen LogP contribution in [0, 0.1) is 6.92 Å². The van der Waals surface area contributed by atoms with Gasteiger partial charge in [-0.15, -0.1) is 0 Å². The van der Waals surface area contributed by atoms with Gasteiger partial charge in [-0.3, -0.25) is 0 Å². The third kappa shape index (κ3) is 3.05. The van der Waals surface area contributed by atoms with Crippen LogP contribution in [-0.4, -0.2) is 10.1 Å². The van der Waals surface area contributed by atoms with Crippen LogP contribution in [0.1, 0.15) is 31.9 Å². The molecule has 19 heavy (non-hydrogen) atoms. The van der Waals surface area contributed by atoms with E-state index in [1.165, 1.54) is 0 Å². The van der Waals surface area contributed by atoms with E-state index in [0.29, 0.717) is 17.2 Å². The molecule has 0 aliphatic carbocycles. The second-order valence-electron chi connectivity index (χ2n) is 5.64. The summed E-state index contributed by atoms with van der Waals surface area (Å²) in [6.07, 6.45) is 1.83. The van der Waals surface area contributed by atoms with Crippen LogP contribution in [0.15, 0.2) is 36.5 Å². The molecule has 0 saturated heterocycles. The molecule has 1 heterocycles. The summed E-state index contributed by atoms with van der Waals surface area (Å²) in [5.41, 5.74) is 1.95. The summed E-state index contributed by atoms with van der Waals surface area (Å²) in [7, 11) is 0. The number of hydrogen-bond donors (Lipinski definition) is 1. The fraction of sp³-hybridized carbons (Fsp3) is 0.312. The van der Waals surface area contributed by atoms with E-state index in [0.717, 1.165) is 5.56 Å². The van der Waals surface area contributed by atoms with Crippen molar-refractivity contribution in [3.05, 3.63) is 47.7 Å². The minimum atomic E-state index is 0.0759. The Bertz CT molecular complexity index is 568. The van der Waals surface area contributed by atoms with Gasteiger partial charge >= 0.3 is 0 Å². The van der Waals surface area contributed by atoms with Crippen molar-refractivity contribution in [1.82, 2.24) is 4.98 Å². The van der Waals surface area contributed by atoms with Gasteiger partial charge in [0.2, 0.25) is 5.88 Å². The molecular weight excluding hydrogens is 238 g/mol. The normalized spacial score (nSPS) is 11.4. The number of aromatic nitrogens is 1. The maximum atomic E-state index is 9.63. The average Bonchev–Trinajstić information content (AvgIpc) is 2.35. The summed E-state index contributed by atoms with van der Waals surface area (Å²) in [4.78, 5) is 4.31. The summed E-state index contributed by atoms with van der Waals surface area (Å²) >= 11 is 0. The molecule has 3 heteroatoms. The first-order valence-corrected chi connectivity index (χ1v) is 6.31. The number of nitrogens with zero attached hydrogens (tertiary/aromatic N) is 1. The zero-order chi connectivity index (χ0) is 14.0. The van der Waals surface area contributed by atoms with Gasteiger partial charge < -0.3 is 9.84 Å². The van der Waals surface area contributed by atoms with Gasteiger partial charge in [-0.2, -0.15) is 0 Å². The molecule has 0 atom stereocenters. The van der Waals surface area contributed by atoms with Gasteiger partial charge in [0.15, 0.2) is 0 Å². The van der Waals surface area contributed by atoms with Crippen LogP contribution in [0.5, 0.6) is 17.4 Å². The van der Waals surface area contributed by atoms with Gasteiger partial charge in [0, 0.05) is 17.8 Å². The van der Waals surface area contributed by atoms with E-state index in [1.807, 2.05) is 31.3 Å². The molecule has 0 radical (unpaired) electrons. The highest BCUT2D eigenvalue weighted by Crippen LogP contribution is 2.30. The van der Waals surface area contributed by atoms with Crippen LogP contribution >= 0.6 is 0 Å². The maximum absolute atomic E-state index is 9.63. The molecule has 0 bridgehead atoms. The first-order chi connectivity index (χ1) is 8.88. The highest BCUT2D eigenvalue weighted by atomic mass is 16.5. The lowest BCUT2D eigenvalue weighted by molar-refractivity contribution is 0.438. The summed E-state index contributed by atoms with van der Waals surface area (Å²) in [6, 6.07) is 9.07. The molecule has 0 saturated carbocycles. The van der Waals surface area contributed by atoms with Crippen molar-refractivity contribution in [3.8, 4) is 17.4 Å². The van der Waals surface area contributed by atoms with Crippen molar-refractivity contribution in [3.63, 3.8) is 0 Å². The number of aromatic hydroxyl groups is 1. The topological polar surface area (TPSA) is 42.4 Å². The third-order valence-electron chi connectivity index (χ3n) is 3.07. The highest BCUT2D eigenvalue weighted by molar-refractivity contribution is 5.44. The van der Waals surface area contributed by atoms with E-state index in [4.69, 9.17) is 4.74 Å². The van der Waals surface area contributed by atoms with E-state index in [9.17, 15) is 5.11 Å². The number of phenolic OH excluding ortho intramolecular Hbond substituents is 1. The van der Waals surface area contributed by atoms with E-state index in [-0.39, 0.29) is 11.2 Å². The van der Waals surface area contributed by atoms with Crippen LogP contribution in [0.25, 0.3) is 0 Å². The van der Waals surface area contributed by atoms with Gasteiger partial charge in [0.1, 0.15) is 11.5 Å². The lowest BCUT2D eigenvalue weighted by Gasteiger charge is -2.18. The molecular formula is C16H19NO2. The van der Waals surface area contributed by atoms with Crippen molar-refractivity contribution < 1.29 is 9.84 Å². The van der Waals surface area contributed by atoms with Crippen molar-refractivity contribution in [2.75, 3.05) is 0 Å². The Kier molecular flexibility index (Phi) is 3.47. The molecule has 100 valence electrons. The Morgan fingerprint density at radius 1 is 1.11 bits per heavy atom. The molecule has 1 N–H and O–H groups in total. The lowest BCUT2D eigenvalue weighted by Crippen LogP contribution is -2.11. The Hall–Kier alpha value is -2.03. The quantitative estimate of drug-likeness (QED) is 0.877. The summed E-state index contributed by atoms with van der Waals surface area (Å²) < 4.78 is 5.69. The third-order valence-corrected chi connectivity index (χ3v) is 3.07. The average molecular weight is 257 g/mol. The second kappa shape index (κ2) is 4.92. The van der Waals surface area contributed by atoms with Gasteiger partial charge in [0.25, 0.3) is 0 Å². The van der Waals surface area contributed by atoms with Crippen molar-refractivity contribution in [2.45, 2.75) is 33.1 Å². The molecule has 2 rings (SSSR count). The van der Waals surface area contributed by atoms with Crippen LogP contribution in [0.2, 0.25) is 0 Å². The molecule has 0 aliphatic heterocycles. The molecule has 0 spiro atoms. The Balaban J connectivity index is 2.23. The van der Waals surface area contributed by atoms with E-state index in [1.54, 1.807) is 12.1 Å². The minimum absolute atomic E-state index is 0.0759. The van der Waals surface area contributed by atoms with Crippen LogP contribution < -0.4 is 4.74 Å². The lowest BCUT2D eigenvalue weighted by atomic mass is 9.88. The van der Waals surface area contributed by atoms with E-state index >= 15 is 0 Å². The molecule has 3 nitrogen and oxygen atoms in total. The molecule has 0 amide bonds. The van der Waals surface area contributed by atoms with Crippen LogP contribution in [0.4, 0.5) is 0 Å². The number of pyridine rings is 1. The second-order valence-corrected chi connectivity index (χ2v) is 5.64. The first kappa shape index (κ1) is 13.4. The minimum Gasteiger partial charge on any atom is -0.508 e. The first-order valence-electron chi connectivity index (χ1n) is 6.31. The predicted octanol–water partition coefficient (Wildman–Crippen LogP) is 4.19. The Morgan fingerprint density at radius 3 is 2.42 bits per heavy atom. The number of hydrogen-bond acceptors (Lipinski definition) is 3. The smallest absolute Gasteiger partial charge is 0.219 e. The van der Waals surface area contributed by atoms with Crippen molar-refractivity contribution >= 4 is 0 Å². The number of rotatable bonds is 2. The zero-order valence-electron chi connectivity index (χ0n) is 11.8. The largest absolute Gasteiger partial charge is 0.508 e. The Morgan fingerprint density at radius 2 is 1.84 bits per heavy atom. The van der Waals surface area contributed by atoms with Crippen molar-refractivity contribution in [1.29, 1.82) is 0 Å². The zero-order valence-corrected chi connectivity index (χ0v) is 11.8. The number of ether oxygens (including phenoxy) is 1. The molecule has 0 unspecified atom stereocenters. The summed E-state index contributed by atoms with van der Waals surface area (Å²) in [5.74, 6) is 1.38. The monoisotopic (exact) mass is 257 g/mol. The van der Waals surface area contributed by atoms with E-state index < -0.39 is 0 Å². The van der Waals surface area contributed by atoms with Gasteiger partial charge in [-0.05, 0) is 30.0 Å². The fourth-order valence-electron chi connectivity index (χ4n) is 1.71. The molecule has 0 aliphatic rings. The standard InChI is InChI=1S/C16H19NO2/c1-11-13(18)6-5-7-14(11)19-15-9-8-12(10-17-15)16(2,3)4/h5-10,18H,1-4H3. The maximum Gasteiger partial charge on any atom is 0.219 e. The van der Waals surface area contributed by atoms with E-state index in [2.05, 4.69) is 25.8 Å². The van der Waals surface area contributed by atoms with Crippen LogP contribution in [0.3, 0.4) is 0 Å². The van der Waals surface area contributed by atoms with Gasteiger partial charge in [0.05, 0.1) is 0 Å². The number of phenols is 1. The fourth-order valence-corrected chi connectivity index (χ4v) is 1.71. The summed E-state index contributed by atoms with van der Waals surface area (Å²) in [6.45, 7) is 8.24. The Labute approximate surface area is 113 Å². The molecule has 1 aromatic heterocycles. The predicted molar refractivity (Wildman–Crippen MR) is 75.9 cm³/mol. The molecule has 0 fully saturated rings. The molecule has 2 aromatic rings. The van der Waals surface area contributed by atoms with Crippen LogP contribution in [-0.2, 0) is 5.41 Å². The number of benzene rings is 1. The highest BCUT2D eigenvalue weighted by Gasteiger charge is 2.14. The van der Waals surface area contributed by atoms with Gasteiger partial charge in [-0.25, -0.2) is 4.98 Å². The summed E-state index contributed by atoms with van der Waals surface area (Å²) in [5, 5.41) is 9.63.